The summed E-state index contributed by atoms with van der Waals surface area (Å²) >= 11 is 2.97. The standard InChI is InChI=1S/C14H16BrFO3/c1-8-3-2-4-9(7-8)19-11-6-5-10(14(17)18)12(15)13(11)16/h5-6,8-9H,2-4,7H2,1H3,(H,17,18). The van der Waals surface area contributed by atoms with Gasteiger partial charge in [0.05, 0.1) is 16.1 Å². The van der Waals surface area contributed by atoms with E-state index in [0.29, 0.717) is 5.92 Å². The third-order valence-electron chi connectivity index (χ3n) is 3.46. The summed E-state index contributed by atoms with van der Waals surface area (Å²) in [5, 5.41) is 8.90. The van der Waals surface area contributed by atoms with Crippen LogP contribution in [0.15, 0.2) is 16.6 Å². The zero-order valence-electron chi connectivity index (χ0n) is 10.7. The summed E-state index contributed by atoms with van der Waals surface area (Å²) in [5.41, 5.74) is -0.0955. The first-order valence-corrected chi connectivity index (χ1v) is 7.16. The quantitative estimate of drug-likeness (QED) is 0.901. The Kier molecular flexibility index (Phi) is 4.45. The van der Waals surface area contributed by atoms with Crippen LogP contribution in [0, 0.1) is 11.7 Å². The molecule has 5 heteroatoms. The molecule has 0 saturated heterocycles. The molecule has 19 heavy (non-hydrogen) atoms. The molecule has 0 heterocycles. The minimum absolute atomic E-state index is 0.0147. The Bertz CT molecular complexity index is 490. The molecule has 1 aromatic carbocycles. The van der Waals surface area contributed by atoms with Crippen molar-refractivity contribution in [1.82, 2.24) is 0 Å². The van der Waals surface area contributed by atoms with Gasteiger partial charge in [0.25, 0.3) is 0 Å². The predicted octanol–water partition coefficient (Wildman–Crippen LogP) is 4.24. The van der Waals surface area contributed by atoms with Gasteiger partial charge in [-0.05, 0) is 53.2 Å². The van der Waals surface area contributed by atoms with Gasteiger partial charge in [0.15, 0.2) is 11.6 Å². The number of benzene rings is 1. The minimum atomic E-state index is -1.16. The number of hydrogen-bond donors (Lipinski definition) is 1. The minimum Gasteiger partial charge on any atom is -0.487 e. The summed E-state index contributed by atoms with van der Waals surface area (Å²) in [7, 11) is 0. The third kappa shape index (κ3) is 3.26. The molecule has 1 saturated carbocycles. The first-order chi connectivity index (χ1) is 8.99. The van der Waals surface area contributed by atoms with Gasteiger partial charge in [0.1, 0.15) is 0 Å². The maximum Gasteiger partial charge on any atom is 0.336 e. The van der Waals surface area contributed by atoms with Crippen LogP contribution in [0.25, 0.3) is 0 Å². The third-order valence-corrected chi connectivity index (χ3v) is 4.23. The highest BCUT2D eigenvalue weighted by Crippen LogP contribution is 2.32. The van der Waals surface area contributed by atoms with Crippen molar-refractivity contribution in [3.05, 3.63) is 28.0 Å². The van der Waals surface area contributed by atoms with Crippen LogP contribution in [0.1, 0.15) is 43.0 Å². The number of halogens is 2. The fourth-order valence-corrected chi connectivity index (χ4v) is 2.95. The summed E-state index contributed by atoms with van der Waals surface area (Å²) in [6.07, 6.45) is 4.12. The Labute approximate surface area is 119 Å². The van der Waals surface area contributed by atoms with Crippen LogP contribution in [0.2, 0.25) is 0 Å². The van der Waals surface area contributed by atoms with Crippen molar-refractivity contribution in [2.45, 2.75) is 38.7 Å². The highest BCUT2D eigenvalue weighted by molar-refractivity contribution is 9.10. The molecule has 3 nitrogen and oxygen atoms in total. The van der Waals surface area contributed by atoms with Crippen molar-refractivity contribution in [1.29, 1.82) is 0 Å². The lowest BCUT2D eigenvalue weighted by atomic mass is 9.89. The van der Waals surface area contributed by atoms with Crippen molar-refractivity contribution in [3.63, 3.8) is 0 Å². The molecule has 0 bridgehead atoms. The van der Waals surface area contributed by atoms with Crippen LogP contribution in [0.4, 0.5) is 4.39 Å². The van der Waals surface area contributed by atoms with Crippen molar-refractivity contribution >= 4 is 21.9 Å². The van der Waals surface area contributed by atoms with E-state index in [9.17, 15) is 9.18 Å². The van der Waals surface area contributed by atoms with Gasteiger partial charge >= 0.3 is 5.97 Å². The Hall–Kier alpha value is -1.10. The summed E-state index contributed by atoms with van der Waals surface area (Å²) in [5.74, 6) is -1.10. The fraction of sp³-hybridized carbons (Fsp3) is 0.500. The summed E-state index contributed by atoms with van der Waals surface area (Å²) < 4.78 is 19.7. The van der Waals surface area contributed by atoms with E-state index >= 15 is 0 Å². The zero-order valence-corrected chi connectivity index (χ0v) is 12.2. The van der Waals surface area contributed by atoms with Gasteiger partial charge in [-0.25, -0.2) is 9.18 Å². The Morgan fingerprint density at radius 2 is 2.21 bits per heavy atom. The number of carboxylic acids is 1. The molecule has 1 aromatic rings. The van der Waals surface area contributed by atoms with E-state index in [2.05, 4.69) is 22.9 Å². The molecular formula is C14H16BrFO3. The smallest absolute Gasteiger partial charge is 0.336 e. The second-order valence-corrected chi connectivity index (χ2v) is 5.85. The molecule has 2 atom stereocenters. The van der Waals surface area contributed by atoms with Crippen LogP contribution in [0.3, 0.4) is 0 Å². The van der Waals surface area contributed by atoms with Gasteiger partial charge in [-0.2, -0.15) is 0 Å². The second kappa shape index (κ2) is 5.90. The lowest BCUT2D eigenvalue weighted by Gasteiger charge is -2.27. The summed E-state index contributed by atoms with van der Waals surface area (Å²) in [6, 6.07) is 2.75. The van der Waals surface area contributed by atoms with Crippen molar-refractivity contribution in [2.24, 2.45) is 5.92 Å². The zero-order chi connectivity index (χ0) is 14.0. The van der Waals surface area contributed by atoms with Crippen LogP contribution < -0.4 is 4.74 Å². The Morgan fingerprint density at radius 3 is 2.84 bits per heavy atom. The Morgan fingerprint density at radius 1 is 1.47 bits per heavy atom. The van der Waals surface area contributed by atoms with Crippen LogP contribution in [-0.4, -0.2) is 17.2 Å². The van der Waals surface area contributed by atoms with Crippen molar-refractivity contribution in [3.8, 4) is 5.75 Å². The highest BCUT2D eigenvalue weighted by Gasteiger charge is 2.23. The lowest BCUT2D eigenvalue weighted by Crippen LogP contribution is -2.24. The Balaban J connectivity index is 2.17. The van der Waals surface area contributed by atoms with E-state index in [1.165, 1.54) is 18.6 Å². The van der Waals surface area contributed by atoms with E-state index in [1.54, 1.807) is 0 Å². The number of carbonyl (C=O) groups is 1. The molecule has 1 fully saturated rings. The molecule has 1 N–H and O–H groups in total. The normalized spacial score (nSPS) is 23.1. The van der Waals surface area contributed by atoms with Crippen molar-refractivity contribution in [2.75, 3.05) is 0 Å². The number of aromatic carboxylic acids is 1. The average Bonchev–Trinajstić information content (AvgIpc) is 2.35. The maximum atomic E-state index is 14.0. The van der Waals surface area contributed by atoms with E-state index in [0.717, 1.165) is 19.3 Å². The number of hydrogen-bond acceptors (Lipinski definition) is 2. The summed E-state index contributed by atoms with van der Waals surface area (Å²) in [4.78, 5) is 10.9. The molecule has 0 spiro atoms. The van der Waals surface area contributed by atoms with E-state index in [-0.39, 0.29) is 21.9 Å². The average molecular weight is 331 g/mol. The van der Waals surface area contributed by atoms with Gasteiger partial charge < -0.3 is 9.84 Å². The van der Waals surface area contributed by atoms with Gasteiger partial charge in [0, 0.05) is 0 Å². The molecular weight excluding hydrogens is 315 g/mol. The van der Waals surface area contributed by atoms with E-state index in [1.807, 2.05) is 0 Å². The van der Waals surface area contributed by atoms with Crippen molar-refractivity contribution < 1.29 is 19.0 Å². The molecule has 1 aliphatic rings. The number of ether oxygens (including phenoxy) is 1. The largest absolute Gasteiger partial charge is 0.487 e. The second-order valence-electron chi connectivity index (χ2n) is 5.06. The molecule has 0 amide bonds. The molecule has 0 aliphatic heterocycles. The molecule has 104 valence electrons. The SMILES string of the molecule is CC1CCCC(Oc2ccc(C(=O)O)c(Br)c2F)C1. The first kappa shape index (κ1) is 14.3. The van der Waals surface area contributed by atoms with E-state index < -0.39 is 11.8 Å². The highest BCUT2D eigenvalue weighted by atomic mass is 79.9. The molecule has 0 aromatic heterocycles. The lowest BCUT2D eigenvalue weighted by molar-refractivity contribution is 0.0695. The fourth-order valence-electron chi connectivity index (χ4n) is 2.45. The van der Waals surface area contributed by atoms with Gasteiger partial charge in [-0.3, -0.25) is 0 Å². The summed E-state index contributed by atoms with van der Waals surface area (Å²) in [6.45, 7) is 2.16. The first-order valence-electron chi connectivity index (χ1n) is 6.37. The number of rotatable bonds is 3. The molecule has 0 radical (unpaired) electrons. The molecule has 2 unspecified atom stereocenters. The van der Waals surface area contributed by atoms with Crippen LogP contribution in [-0.2, 0) is 0 Å². The van der Waals surface area contributed by atoms with E-state index in [4.69, 9.17) is 9.84 Å². The number of carboxylic acid groups (broad SMARTS) is 1. The molecule has 2 rings (SSSR count). The maximum absolute atomic E-state index is 14.0. The van der Waals surface area contributed by atoms with Crippen LogP contribution >= 0.6 is 15.9 Å². The predicted molar refractivity (Wildman–Crippen MR) is 73.1 cm³/mol. The monoisotopic (exact) mass is 330 g/mol. The topological polar surface area (TPSA) is 46.5 Å². The molecule has 1 aliphatic carbocycles. The van der Waals surface area contributed by atoms with Crippen LogP contribution in [0.5, 0.6) is 5.75 Å². The van der Waals surface area contributed by atoms with Gasteiger partial charge in [0.2, 0.25) is 0 Å². The van der Waals surface area contributed by atoms with Gasteiger partial charge in [-0.1, -0.05) is 13.3 Å². The van der Waals surface area contributed by atoms with Gasteiger partial charge in [-0.15, -0.1) is 0 Å².